The number of aromatic nitrogens is 2. The van der Waals surface area contributed by atoms with E-state index in [4.69, 9.17) is 11.1 Å². The molecule has 5 nitrogen and oxygen atoms in total. The zero-order valence-electron chi connectivity index (χ0n) is 8.87. The zero-order chi connectivity index (χ0) is 11.3. The van der Waals surface area contributed by atoms with Gasteiger partial charge >= 0.3 is 0 Å². The molecule has 0 aliphatic heterocycles. The fourth-order valence-electron chi connectivity index (χ4n) is 1.10. The van der Waals surface area contributed by atoms with Gasteiger partial charge in [-0.05, 0) is 12.7 Å². The molecule has 1 heterocycles. The van der Waals surface area contributed by atoms with E-state index >= 15 is 0 Å². The van der Waals surface area contributed by atoms with E-state index in [9.17, 15) is 0 Å². The van der Waals surface area contributed by atoms with Crippen molar-refractivity contribution >= 4 is 29.6 Å². The monoisotopic (exact) mass is 225 g/mol. The number of thioether (sulfide) groups is 1. The van der Waals surface area contributed by atoms with Gasteiger partial charge in [0.05, 0.1) is 5.56 Å². The minimum Gasteiger partial charge on any atom is -0.383 e. The number of nitrogens with two attached hydrogens (primary N) is 1. The van der Waals surface area contributed by atoms with Gasteiger partial charge in [-0.25, -0.2) is 9.97 Å². The van der Waals surface area contributed by atoms with Crippen molar-refractivity contribution in [3.8, 4) is 0 Å². The Morgan fingerprint density at radius 3 is 2.73 bits per heavy atom. The second-order valence-electron chi connectivity index (χ2n) is 2.76. The topological polar surface area (TPSA) is 87.7 Å². The lowest BCUT2D eigenvalue weighted by Crippen LogP contribution is -2.09. The predicted octanol–water partition coefficient (Wildman–Crippen LogP) is 1.60. The molecule has 0 unspecified atom stereocenters. The summed E-state index contributed by atoms with van der Waals surface area (Å²) < 4.78 is 0. The molecule has 0 saturated heterocycles. The van der Waals surface area contributed by atoms with Gasteiger partial charge < -0.3 is 16.5 Å². The summed E-state index contributed by atoms with van der Waals surface area (Å²) in [6.07, 6.45) is 1.17. The Balaban J connectivity index is 3.12. The maximum atomic E-state index is 7.24. The molecular weight excluding hydrogens is 210 g/mol. The lowest BCUT2D eigenvalue weighted by molar-refractivity contribution is 0.964. The molecule has 6 heteroatoms. The molecule has 0 fully saturated rings. The zero-order valence-corrected chi connectivity index (χ0v) is 9.69. The van der Waals surface area contributed by atoms with E-state index in [1.54, 1.807) is 0 Å². The SMILES string of the molecule is CCNc1nc(SCC)nc(N)c1C=N. The van der Waals surface area contributed by atoms with Crippen molar-refractivity contribution in [1.82, 2.24) is 9.97 Å². The summed E-state index contributed by atoms with van der Waals surface area (Å²) in [6.45, 7) is 4.74. The Kier molecular flexibility index (Phi) is 4.36. The van der Waals surface area contributed by atoms with E-state index in [2.05, 4.69) is 15.3 Å². The first-order valence-electron chi connectivity index (χ1n) is 4.77. The molecule has 0 atom stereocenters. The molecule has 0 radical (unpaired) electrons. The minimum absolute atomic E-state index is 0.354. The second-order valence-corrected chi connectivity index (χ2v) is 3.99. The van der Waals surface area contributed by atoms with Gasteiger partial charge in [0.25, 0.3) is 0 Å². The molecule has 1 rings (SSSR count). The summed E-state index contributed by atoms with van der Waals surface area (Å²) in [7, 11) is 0. The highest BCUT2D eigenvalue weighted by Crippen LogP contribution is 2.21. The first-order valence-corrected chi connectivity index (χ1v) is 5.76. The Bertz CT molecular complexity index is 353. The Hall–Kier alpha value is -1.30. The van der Waals surface area contributed by atoms with E-state index in [1.165, 1.54) is 18.0 Å². The normalized spacial score (nSPS) is 10.0. The van der Waals surface area contributed by atoms with Gasteiger partial charge in [-0.3, -0.25) is 0 Å². The van der Waals surface area contributed by atoms with Crippen molar-refractivity contribution in [1.29, 1.82) is 5.41 Å². The molecule has 1 aromatic rings. The van der Waals surface area contributed by atoms with Crippen molar-refractivity contribution < 1.29 is 0 Å². The summed E-state index contributed by atoms with van der Waals surface area (Å²) in [5, 5.41) is 11.0. The summed E-state index contributed by atoms with van der Waals surface area (Å²) in [5.74, 6) is 1.89. The minimum atomic E-state index is 0.354. The van der Waals surface area contributed by atoms with Crippen LogP contribution in [-0.2, 0) is 0 Å². The van der Waals surface area contributed by atoms with Crippen LogP contribution in [0.2, 0.25) is 0 Å². The standard InChI is InChI=1S/C9H15N5S/c1-3-12-8-6(5-10)7(11)13-9(14-8)15-4-2/h5,10H,3-4H2,1-2H3,(H3,11,12,13,14). The predicted molar refractivity (Wildman–Crippen MR) is 64.9 cm³/mol. The highest BCUT2D eigenvalue weighted by atomic mass is 32.2. The molecule has 0 aliphatic rings. The lowest BCUT2D eigenvalue weighted by Gasteiger charge is -2.09. The highest BCUT2D eigenvalue weighted by Gasteiger charge is 2.09. The number of nitrogens with zero attached hydrogens (tertiary/aromatic N) is 2. The number of hydrogen-bond acceptors (Lipinski definition) is 6. The van der Waals surface area contributed by atoms with Crippen LogP contribution in [0, 0.1) is 5.41 Å². The van der Waals surface area contributed by atoms with Crippen molar-refractivity contribution in [2.24, 2.45) is 0 Å². The van der Waals surface area contributed by atoms with Crippen molar-refractivity contribution in [3.63, 3.8) is 0 Å². The van der Waals surface area contributed by atoms with Crippen molar-refractivity contribution in [2.75, 3.05) is 23.3 Å². The van der Waals surface area contributed by atoms with Gasteiger partial charge in [-0.2, -0.15) is 0 Å². The number of anilines is 2. The summed E-state index contributed by atoms with van der Waals surface area (Å²) in [4.78, 5) is 8.41. The number of rotatable bonds is 5. The average molecular weight is 225 g/mol. The van der Waals surface area contributed by atoms with Gasteiger partial charge in [0.2, 0.25) is 0 Å². The third-order valence-electron chi connectivity index (χ3n) is 1.72. The smallest absolute Gasteiger partial charge is 0.191 e. The number of nitrogens with one attached hydrogen (secondary N) is 2. The van der Waals surface area contributed by atoms with E-state index in [1.807, 2.05) is 13.8 Å². The molecular formula is C9H15N5S. The first-order chi connectivity index (χ1) is 7.22. The van der Waals surface area contributed by atoms with Crippen LogP contribution in [0.25, 0.3) is 0 Å². The molecule has 15 heavy (non-hydrogen) atoms. The Morgan fingerprint density at radius 2 is 2.20 bits per heavy atom. The second kappa shape index (κ2) is 5.55. The van der Waals surface area contributed by atoms with E-state index in [0.29, 0.717) is 22.4 Å². The van der Waals surface area contributed by atoms with Crippen LogP contribution in [-0.4, -0.2) is 28.5 Å². The summed E-state index contributed by atoms with van der Waals surface area (Å²) in [6, 6.07) is 0. The van der Waals surface area contributed by atoms with E-state index in [-0.39, 0.29) is 0 Å². The summed E-state index contributed by atoms with van der Waals surface area (Å²) in [5.41, 5.74) is 6.29. The maximum absolute atomic E-state index is 7.24. The fourth-order valence-corrected chi connectivity index (χ4v) is 1.68. The van der Waals surface area contributed by atoms with Crippen LogP contribution >= 0.6 is 11.8 Å². The molecule has 1 aromatic heterocycles. The van der Waals surface area contributed by atoms with Gasteiger partial charge in [-0.15, -0.1) is 0 Å². The van der Waals surface area contributed by atoms with Gasteiger partial charge in [0, 0.05) is 12.8 Å². The highest BCUT2D eigenvalue weighted by molar-refractivity contribution is 7.99. The van der Waals surface area contributed by atoms with Crippen LogP contribution in [0.1, 0.15) is 19.4 Å². The molecule has 82 valence electrons. The third-order valence-corrected chi connectivity index (χ3v) is 2.45. The van der Waals surface area contributed by atoms with Crippen LogP contribution in [0.4, 0.5) is 11.6 Å². The molecule has 0 aromatic carbocycles. The molecule has 0 saturated carbocycles. The average Bonchev–Trinajstić information content (AvgIpc) is 2.18. The third kappa shape index (κ3) is 2.82. The molecule has 0 spiro atoms. The summed E-state index contributed by atoms with van der Waals surface area (Å²) >= 11 is 1.53. The molecule has 4 N–H and O–H groups in total. The van der Waals surface area contributed by atoms with Crippen LogP contribution in [0.5, 0.6) is 0 Å². The van der Waals surface area contributed by atoms with Crippen LogP contribution in [0.15, 0.2) is 5.16 Å². The Morgan fingerprint density at radius 1 is 1.47 bits per heavy atom. The van der Waals surface area contributed by atoms with Crippen LogP contribution in [0.3, 0.4) is 0 Å². The fraction of sp³-hybridized carbons (Fsp3) is 0.444. The van der Waals surface area contributed by atoms with Gasteiger partial charge in [0.1, 0.15) is 11.6 Å². The maximum Gasteiger partial charge on any atom is 0.191 e. The number of nitrogen functional groups attached to an aromatic ring is 1. The molecule has 0 aliphatic carbocycles. The van der Waals surface area contributed by atoms with Crippen molar-refractivity contribution in [2.45, 2.75) is 19.0 Å². The largest absolute Gasteiger partial charge is 0.383 e. The molecule has 0 bridgehead atoms. The Labute approximate surface area is 93.4 Å². The first kappa shape index (κ1) is 11.8. The van der Waals surface area contributed by atoms with E-state index in [0.717, 1.165) is 12.3 Å². The van der Waals surface area contributed by atoms with Crippen molar-refractivity contribution in [3.05, 3.63) is 5.56 Å². The van der Waals surface area contributed by atoms with Gasteiger partial charge in [-0.1, -0.05) is 18.7 Å². The van der Waals surface area contributed by atoms with E-state index < -0.39 is 0 Å². The molecule has 0 amide bonds. The van der Waals surface area contributed by atoms with Gasteiger partial charge in [0.15, 0.2) is 5.16 Å². The lowest BCUT2D eigenvalue weighted by atomic mass is 10.3. The number of hydrogen-bond donors (Lipinski definition) is 3. The van der Waals surface area contributed by atoms with Crippen LogP contribution < -0.4 is 11.1 Å². The quantitative estimate of drug-likeness (QED) is 0.402.